The number of nitrogens with one attached hydrogen (secondary N) is 2. The number of amides is 1. The number of hydrogen-bond acceptors (Lipinski definition) is 4. The highest BCUT2D eigenvalue weighted by Gasteiger charge is 2.11. The molecule has 1 aromatic heterocycles. The molecule has 0 aliphatic heterocycles. The molecule has 22 heavy (non-hydrogen) atoms. The summed E-state index contributed by atoms with van der Waals surface area (Å²) >= 11 is 5.77. The van der Waals surface area contributed by atoms with Crippen LogP contribution in [0.15, 0.2) is 42.6 Å². The van der Waals surface area contributed by atoms with E-state index in [2.05, 4.69) is 15.6 Å². The molecule has 0 aliphatic carbocycles. The van der Waals surface area contributed by atoms with E-state index in [0.717, 1.165) is 5.69 Å². The molecular weight excluding hydrogens is 302 g/mol. The Labute approximate surface area is 134 Å². The van der Waals surface area contributed by atoms with Crippen LogP contribution in [-0.4, -0.2) is 28.6 Å². The predicted octanol–water partition coefficient (Wildman–Crippen LogP) is 3.17. The first-order chi connectivity index (χ1) is 10.6. The first-order valence-electron chi connectivity index (χ1n) is 7.00. The zero-order valence-electron chi connectivity index (χ0n) is 12.2. The molecule has 1 aromatic carbocycles. The number of benzene rings is 1. The number of carbonyl (C=O) groups excluding carboxylic acids is 1. The van der Waals surface area contributed by atoms with Crippen molar-refractivity contribution in [2.24, 2.45) is 0 Å². The molecule has 1 unspecified atom stereocenters. The standard InChI is InChI=1S/C16H18ClN3O2/c1-11(21)8-9-18-14-5-3-2-4-13(14)16(22)20-15-7-6-12(17)10-19-15/h2-7,10-11,18,21H,8-9H2,1H3,(H,19,20,22). The van der Waals surface area contributed by atoms with Crippen molar-refractivity contribution in [2.45, 2.75) is 19.4 Å². The minimum absolute atomic E-state index is 0.255. The van der Waals surface area contributed by atoms with E-state index >= 15 is 0 Å². The van der Waals surface area contributed by atoms with Gasteiger partial charge in [-0.3, -0.25) is 4.79 Å². The third kappa shape index (κ3) is 4.72. The average Bonchev–Trinajstić information content (AvgIpc) is 2.49. The normalized spacial score (nSPS) is 11.8. The van der Waals surface area contributed by atoms with Gasteiger partial charge in [-0.25, -0.2) is 4.98 Å². The highest BCUT2D eigenvalue weighted by Crippen LogP contribution is 2.17. The average molecular weight is 320 g/mol. The van der Waals surface area contributed by atoms with Crippen LogP contribution in [0, 0.1) is 0 Å². The fourth-order valence-electron chi connectivity index (χ4n) is 1.88. The van der Waals surface area contributed by atoms with E-state index in [0.29, 0.717) is 29.4 Å². The maximum absolute atomic E-state index is 12.3. The van der Waals surface area contributed by atoms with Crippen molar-refractivity contribution < 1.29 is 9.90 Å². The molecule has 0 saturated carbocycles. The third-order valence-electron chi connectivity index (χ3n) is 3.02. The molecule has 6 heteroatoms. The molecule has 0 radical (unpaired) electrons. The molecule has 2 aromatic rings. The summed E-state index contributed by atoms with van der Waals surface area (Å²) in [6.07, 6.45) is 1.70. The van der Waals surface area contributed by atoms with Crippen molar-refractivity contribution in [3.63, 3.8) is 0 Å². The van der Waals surface area contributed by atoms with Crippen LogP contribution < -0.4 is 10.6 Å². The lowest BCUT2D eigenvalue weighted by Gasteiger charge is -2.12. The van der Waals surface area contributed by atoms with Crippen LogP contribution in [-0.2, 0) is 0 Å². The van der Waals surface area contributed by atoms with E-state index < -0.39 is 0 Å². The van der Waals surface area contributed by atoms with Gasteiger partial charge in [-0.1, -0.05) is 23.7 Å². The summed E-state index contributed by atoms with van der Waals surface area (Å²) < 4.78 is 0. The Morgan fingerprint density at radius 3 is 2.77 bits per heavy atom. The number of halogens is 1. The first-order valence-corrected chi connectivity index (χ1v) is 7.38. The van der Waals surface area contributed by atoms with E-state index in [9.17, 15) is 9.90 Å². The summed E-state index contributed by atoms with van der Waals surface area (Å²) in [5.74, 6) is 0.183. The molecule has 1 heterocycles. The van der Waals surface area contributed by atoms with Crippen LogP contribution in [0.2, 0.25) is 5.02 Å². The Hall–Kier alpha value is -2.11. The summed E-state index contributed by atoms with van der Waals surface area (Å²) in [7, 11) is 0. The fraction of sp³-hybridized carbons (Fsp3) is 0.250. The molecule has 3 N–H and O–H groups in total. The summed E-state index contributed by atoms with van der Waals surface area (Å²) in [6.45, 7) is 2.31. The van der Waals surface area contributed by atoms with Gasteiger partial charge in [0.05, 0.1) is 16.7 Å². The lowest BCUT2D eigenvalue weighted by molar-refractivity contribution is 0.102. The van der Waals surface area contributed by atoms with Crippen molar-refractivity contribution in [3.8, 4) is 0 Å². The number of para-hydroxylation sites is 1. The molecule has 0 saturated heterocycles. The number of aliphatic hydroxyl groups excluding tert-OH is 1. The Bertz CT molecular complexity index is 630. The molecule has 0 fully saturated rings. The molecule has 1 amide bonds. The van der Waals surface area contributed by atoms with Gasteiger partial charge in [0.2, 0.25) is 0 Å². The molecular formula is C16H18ClN3O2. The van der Waals surface area contributed by atoms with Gasteiger partial charge in [-0.15, -0.1) is 0 Å². The van der Waals surface area contributed by atoms with Gasteiger partial charge in [0.25, 0.3) is 5.91 Å². The Balaban J connectivity index is 2.07. The largest absolute Gasteiger partial charge is 0.393 e. The van der Waals surface area contributed by atoms with Crippen LogP contribution >= 0.6 is 11.6 Å². The van der Waals surface area contributed by atoms with Crippen LogP contribution in [0.5, 0.6) is 0 Å². The SMILES string of the molecule is CC(O)CCNc1ccccc1C(=O)Nc1ccc(Cl)cn1. The van der Waals surface area contributed by atoms with Gasteiger partial charge in [0.15, 0.2) is 0 Å². The zero-order valence-corrected chi connectivity index (χ0v) is 13.0. The summed E-state index contributed by atoms with van der Waals surface area (Å²) in [6, 6.07) is 10.5. The zero-order chi connectivity index (χ0) is 15.9. The second kappa shape index (κ2) is 7.77. The topological polar surface area (TPSA) is 74.2 Å². The van der Waals surface area contributed by atoms with E-state index in [1.807, 2.05) is 12.1 Å². The lowest BCUT2D eigenvalue weighted by atomic mass is 10.1. The number of hydrogen-bond donors (Lipinski definition) is 3. The monoisotopic (exact) mass is 319 g/mol. The number of carbonyl (C=O) groups is 1. The van der Waals surface area contributed by atoms with Crippen molar-refractivity contribution >= 4 is 29.0 Å². The summed E-state index contributed by atoms with van der Waals surface area (Å²) in [5, 5.41) is 15.7. The maximum atomic E-state index is 12.3. The van der Waals surface area contributed by atoms with Gasteiger partial charge in [0.1, 0.15) is 5.82 Å². The van der Waals surface area contributed by atoms with E-state index in [1.54, 1.807) is 31.2 Å². The number of aromatic nitrogens is 1. The molecule has 0 bridgehead atoms. The van der Waals surface area contributed by atoms with Crippen LogP contribution in [0.1, 0.15) is 23.7 Å². The highest BCUT2D eigenvalue weighted by atomic mass is 35.5. The first kappa shape index (κ1) is 16.3. The fourth-order valence-corrected chi connectivity index (χ4v) is 2.00. The second-order valence-electron chi connectivity index (χ2n) is 4.93. The number of rotatable bonds is 6. The Morgan fingerprint density at radius 1 is 1.32 bits per heavy atom. The van der Waals surface area contributed by atoms with E-state index in [1.165, 1.54) is 6.20 Å². The number of anilines is 2. The Kier molecular flexibility index (Phi) is 5.75. The third-order valence-corrected chi connectivity index (χ3v) is 3.24. The maximum Gasteiger partial charge on any atom is 0.258 e. The van der Waals surface area contributed by atoms with Crippen molar-refractivity contribution in [1.82, 2.24) is 4.98 Å². The number of nitrogens with zero attached hydrogens (tertiary/aromatic N) is 1. The second-order valence-corrected chi connectivity index (χ2v) is 5.36. The summed E-state index contributed by atoms with van der Waals surface area (Å²) in [5.41, 5.74) is 1.24. The van der Waals surface area contributed by atoms with Crippen LogP contribution in [0.3, 0.4) is 0 Å². The van der Waals surface area contributed by atoms with E-state index in [-0.39, 0.29) is 12.0 Å². The van der Waals surface area contributed by atoms with Crippen LogP contribution in [0.25, 0.3) is 0 Å². The molecule has 2 rings (SSSR count). The van der Waals surface area contributed by atoms with Gasteiger partial charge < -0.3 is 15.7 Å². The smallest absolute Gasteiger partial charge is 0.258 e. The quantitative estimate of drug-likeness (QED) is 0.764. The minimum Gasteiger partial charge on any atom is -0.393 e. The van der Waals surface area contributed by atoms with Crippen LogP contribution in [0.4, 0.5) is 11.5 Å². The molecule has 0 spiro atoms. The van der Waals surface area contributed by atoms with Gasteiger partial charge in [0, 0.05) is 18.4 Å². The van der Waals surface area contributed by atoms with Gasteiger partial charge in [-0.05, 0) is 37.6 Å². The van der Waals surface area contributed by atoms with Crippen molar-refractivity contribution in [3.05, 3.63) is 53.2 Å². The Morgan fingerprint density at radius 2 is 2.09 bits per heavy atom. The molecule has 0 aliphatic rings. The molecule has 1 atom stereocenters. The van der Waals surface area contributed by atoms with Gasteiger partial charge >= 0.3 is 0 Å². The van der Waals surface area contributed by atoms with Gasteiger partial charge in [-0.2, -0.15) is 0 Å². The lowest BCUT2D eigenvalue weighted by Crippen LogP contribution is -2.17. The highest BCUT2D eigenvalue weighted by molar-refractivity contribution is 6.30. The summed E-state index contributed by atoms with van der Waals surface area (Å²) in [4.78, 5) is 16.4. The molecule has 116 valence electrons. The molecule has 5 nitrogen and oxygen atoms in total. The number of pyridine rings is 1. The number of aliphatic hydroxyl groups is 1. The van der Waals surface area contributed by atoms with E-state index in [4.69, 9.17) is 11.6 Å². The van der Waals surface area contributed by atoms with Crippen molar-refractivity contribution in [2.75, 3.05) is 17.2 Å². The minimum atomic E-state index is -0.383. The van der Waals surface area contributed by atoms with Crippen molar-refractivity contribution in [1.29, 1.82) is 0 Å². The predicted molar refractivity (Wildman–Crippen MR) is 88.4 cm³/mol.